The maximum Gasteiger partial charge on any atom is 0.336 e. The molecule has 0 spiro atoms. The molecule has 0 radical (unpaired) electrons. The Bertz CT molecular complexity index is 633. The number of aromatic carboxylic acids is 1. The molecule has 6 heteroatoms. The molecule has 98 valence electrons. The first-order valence-corrected chi connectivity index (χ1v) is 5.60. The van der Waals surface area contributed by atoms with Gasteiger partial charge in [-0.1, -0.05) is 0 Å². The van der Waals surface area contributed by atoms with E-state index in [2.05, 4.69) is 10.3 Å². The van der Waals surface area contributed by atoms with Crippen LogP contribution in [0, 0.1) is 5.41 Å². The van der Waals surface area contributed by atoms with Crippen molar-refractivity contribution >= 4 is 17.5 Å². The number of carbonyl (C=O) groups is 1. The molecule has 3 N–H and O–H groups in total. The predicted octanol–water partition coefficient (Wildman–Crippen LogP) is 2.47. The van der Waals surface area contributed by atoms with E-state index in [0.717, 1.165) is 0 Å². The molecule has 0 aliphatic rings. The summed E-state index contributed by atoms with van der Waals surface area (Å²) < 4.78 is 5.22. The lowest BCUT2D eigenvalue weighted by atomic mass is 10.0. The number of carboxylic acid groups (broad SMARTS) is 1. The number of pyridine rings is 1. The monoisotopic (exact) mass is 259 g/mol. The van der Waals surface area contributed by atoms with Gasteiger partial charge in [0.15, 0.2) is 5.76 Å². The summed E-state index contributed by atoms with van der Waals surface area (Å²) in [5.74, 6) is -0.278. The first kappa shape index (κ1) is 12.8. The summed E-state index contributed by atoms with van der Waals surface area (Å²) in [4.78, 5) is 15.6. The normalized spacial score (nSPS) is 10.2. The molecular weight excluding hydrogens is 246 g/mol. The summed E-state index contributed by atoms with van der Waals surface area (Å²) in [6, 6.07) is 4.81. The zero-order valence-electron chi connectivity index (χ0n) is 10.5. The van der Waals surface area contributed by atoms with Crippen LogP contribution < -0.4 is 5.32 Å². The quantitative estimate of drug-likeness (QED) is 0.732. The standard InChI is InChI=1S/C13H13N3O3/c1-7(14)11-8(13(17)18)6-9(16-12(11)15-2)10-4-3-5-19-10/h3-6,14H,1-2H3,(H,15,16)(H,17,18). The van der Waals surface area contributed by atoms with Gasteiger partial charge in [-0.2, -0.15) is 0 Å². The van der Waals surface area contributed by atoms with Crippen molar-refractivity contribution in [2.24, 2.45) is 0 Å². The van der Waals surface area contributed by atoms with Gasteiger partial charge in [-0.3, -0.25) is 0 Å². The van der Waals surface area contributed by atoms with Crippen molar-refractivity contribution in [2.45, 2.75) is 6.92 Å². The van der Waals surface area contributed by atoms with Crippen LogP contribution in [0.3, 0.4) is 0 Å². The second kappa shape index (κ2) is 4.93. The number of carboxylic acids is 1. The Morgan fingerprint density at radius 2 is 2.26 bits per heavy atom. The van der Waals surface area contributed by atoms with Crippen molar-refractivity contribution in [1.82, 2.24) is 4.98 Å². The minimum atomic E-state index is -1.10. The average Bonchev–Trinajstić information content (AvgIpc) is 2.90. The van der Waals surface area contributed by atoms with Gasteiger partial charge in [0, 0.05) is 12.8 Å². The Morgan fingerprint density at radius 1 is 1.53 bits per heavy atom. The number of aromatic nitrogens is 1. The largest absolute Gasteiger partial charge is 0.478 e. The maximum absolute atomic E-state index is 11.3. The van der Waals surface area contributed by atoms with Gasteiger partial charge in [0.2, 0.25) is 0 Å². The van der Waals surface area contributed by atoms with E-state index in [-0.39, 0.29) is 16.8 Å². The van der Waals surface area contributed by atoms with Gasteiger partial charge in [-0.25, -0.2) is 9.78 Å². The highest BCUT2D eigenvalue weighted by atomic mass is 16.4. The second-order valence-electron chi connectivity index (χ2n) is 3.94. The van der Waals surface area contributed by atoms with Gasteiger partial charge in [-0.05, 0) is 25.1 Å². The topological polar surface area (TPSA) is 99.2 Å². The molecule has 0 aromatic carbocycles. The summed E-state index contributed by atoms with van der Waals surface area (Å²) in [6.07, 6.45) is 1.49. The number of furan rings is 1. The van der Waals surface area contributed by atoms with Crippen molar-refractivity contribution in [3.63, 3.8) is 0 Å². The van der Waals surface area contributed by atoms with Crippen molar-refractivity contribution < 1.29 is 14.3 Å². The third-order valence-corrected chi connectivity index (χ3v) is 2.64. The third-order valence-electron chi connectivity index (χ3n) is 2.64. The lowest BCUT2D eigenvalue weighted by molar-refractivity contribution is 0.0696. The zero-order valence-corrected chi connectivity index (χ0v) is 10.5. The molecule has 0 unspecified atom stereocenters. The fourth-order valence-corrected chi connectivity index (χ4v) is 1.82. The van der Waals surface area contributed by atoms with Crippen LogP contribution in [0.15, 0.2) is 28.9 Å². The van der Waals surface area contributed by atoms with Gasteiger partial charge in [0.25, 0.3) is 0 Å². The third kappa shape index (κ3) is 2.33. The number of anilines is 1. The predicted molar refractivity (Wildman–Crippen MR) is 70.9 cm³/mol. The molecule has 0 aliphatic heterocycles. The van der Waals surface area contributed by atoms with E-state index >= 15 is 0 Å². The number of hydrogen-bond donors (Lipinski definition) is 3. The summed E-state index contributed by atoms with van der Waals surface area (Å²) in [7, 11) is 1.63. The molecule has 0 fully saturated rings. The van der Waals surface area contributed by atoms with E-state index in [4.69, 9.17) is 9.83 Å². The Labute approximate surface area is 109 Å². The molecule has 6 nitrogen and oxygen atoms in total. The fraction of sp³-hybridized carbons (Fsp3) is 0.154. The van der Waals surface area contributed by atoms with Gasteiger partial charge in [0.05, 0.1) is 17.4 Å². The van der Waals surface area contributed by atoms with Crippen LogP contribution in [0.5, 0.6) is 0 Å². The Kier molecular flexibility index (Phi) is 3.33. The number of hydrogen-bond acceptors (Lipinski definition) is 5. The highest BCUT2D eigenvalue weighted by Crippen LogP contribution is 2.26. The van der Waals surface area contributed by atoms with Crippen LogP contribution in [0.25, 0.3) is 11.5 Å². The van der Waals surface area contributed by atoms with Gasteiger partial charge >= 0.3 is 5.97 Å². The second-order valence-corrected chi connectivity index (χ2v) is 3.94. The van der Waals surface area contributed by atoms with E-state index in [1.807, 2.05) is 0 Å². The molecule has 2 aromatic rings. The molecule has 0 aliphatic carbocycles. The lowest BCUT2D eigenvalue weighted by Crippen LogP contribution is -2.12. The summed E-state index contributed by atoms with van der Waals surface area (Å²) >= 11 is 0. The van der Waals surface area contributed by atoms with E-state index in [1.165, 1.54) is 19.3 Å². The van der Waals surface area contributed by atoms with Gasteiger partial charge in [0.1, 0.15) is 11.5 Å². The minimum Gasteiger partial charge on any atom is -0.478 e. The summed E-state index contributed by atoms with van der Waals surface area (Å²) in [6.45, 7) is 1.52. The highest BCUT2D eigenvalue weighted by molar-refractivity contribution is 6.09. The van der Waals surface area contributed by atoms with Gasteiger partial charge in [-0.15, -0.1) is 0 Å². The first-order valence-electron chi connectivity index (χ1n) is 5.60. The fourth-order valence-electron chi connectivity index (χ4n) is 1.82. The zero-order chi connectivity index (χ0) is 14.0. The molecule has 19 heavy (non-hydrogen) atoms. The molecule has 2 aromatic heterocycles. The smallest absolute Gasteiger partial charge is 0.336 e. The van der Waals surface area contributed by atoms with E-state index in [0.29, 0.717) is 17.3 Å². The Hall–Kier alpha value is -2.63. The maximum atomic E-state index is 11.3. The van der Waals surface area contributed by atoms with Gasteiger partial charge < -0.3 is 20.2 Å². The number of nitrogens with one attached hydrogen (secondary N) is 2. The van der Waals surface area contributed by atoms with Crippen molar-refractivity contribution in [3.05, 3.63) is 35.6 Å². The van der Waals surface area contributed by atoms with E-state index < -0.39 is 5.97 Å². The van der Waals surface area contributed by atoms with Crippen LogP contribution in [-0.2, 0) is 0 Å². The lowest BCUT2D eigenvalue weighted by Gasteiger charge is -2.12. The van der Waals surface area contributed by atoms with Crippen LogP contribution >= 0.6 is 0 Å². The molecule has 0 atom stereocenters. The summed E-state index contributed by atoms with van der Waals surface area (Å²) in [5, 5.41) is 19.8. The van der Waals surface area contributed by atoms with Crippen molar-refractivity contribution in [2.75, 3.05) is 12.4 Å². The van der Waals surface area contributed by atoms with Crippen LogP contribution in [0.2, 0.25) is 0 Å². The van der Waals surface area contributed by atoms with Crippen molar-refractivity contribution in [3.8, 4) is 11.5 Å². The Balaban J connectivity index is 2.72. The van der Waals surface area contributed by atoms with Crippen LogP contribution in [-0.4, -0.2) is 28.8 Å². The van der Waals surface area contributed by atoms with Crippen molar-refractivity contribution in [1.29, 1.82) is 5.41 Å². The highest BCUT2D eigenvalue weighted by Gasteiger charge is 2.20. The van der Waals surface area contributed by atoms with E-state index in [9.17, 15) is 9.90 Å². The molecule has 0 saturated carbocycles. The number of rotatable bonds is 4. The SMILES string of the molecule is CNc1nc(-c2ccco2)cc(C(=O)O)c1C(C)=N. The molecule has 2 heterocycles. The van der Waals surface area contributed by atoms with Crippen LogP contribution in [0.4, 0.5) is 5.82 Å². The Morgan fingerprint density at radius 3 is 2.74 bits per heavy atom. The minimum absolute atomic E-state index is 0.0262. The first-order chi connectivity index (χ1) is 9.04. The molecule has 0 amide bonds. The molecule has 2 rings (SSSR count). The molecular formula is C13H13N3O3. The summed E-state index contributed by atoms with van der Waals surface area (Å²) in [5.41, 5.74) is 0.862. The number of nitrogens with zero attached hydrogens (tertiary/aromatic N) is 1. The molecule has 0 bridgehead atoms. The van der Waals surface area contributed by atoms with E-state index in [1.54, 1.807) is 19.2 Å². The average molecular weight is 259 g/mol. The van der Waals surface area contributed by atoms with Crippen LogP contribution in [0.1, 0.15) is 22.8 Å². The molecule has 0 saturated heterocycles.